The molecule has 0 aromatic heterocycles. The van der Waals surface area contributed by atoms with Crippen LogP contribution < -0.4 is 0 Å². The fourth-order valence-corrected chi connectivity index (χ4v) is 8.73. The van der Waals surface area contributed by atoms with Crippen molar-refractivity contribution in [3.63, 3.8) is 0 Å². The Morgan fingerprint density at radius 3 is 2.32 bits per heavy atom. The molecular weight excluding hydrogens is 308 g/mol. The van der Waals surface area contributed by atoms with Crippen LogP contribution in [0, 0.1) is 46.8 Å². The van der Waals surface area contributed by atoms with Gasteiger partial charge in [0.1, 0.15) is 0 Å². The van der Waals surface area contributed by atoms with E-state index < -0.39 is 0 Å². The molecule has 0 saturated heterocycles. The van der Waals surface area contributed by atoms with Crippen molar-refractivity contribution in [2.75, 3.05) is 0 Å². The second kappa shape index (κ2) is 5.71. The predicted octanol–water partition coefficient (Wildman–Crippen LogP) is 4.78. The van der Waals surface area contributed by atoms with Gasteiger partial charge in [-0.1, -0.05) is 6.92 Å². The molecule has 5 aliphatic carbocycles. The van der Waals surface area contributed by atoms with E-state index in [9.17, 15) is 10.2 Å². The number of aliphatic hydroxyl groups excluding tert-OH is 1. The van der Waals surface area contributed by atoms with Crippen LogP contribution in [0.1, 0.15) is 84.5 Å². The number of aliphatic hydroxyl groups is 2. The summed E-state index contributed by atoms with van der Waals surface area (Å²) in [5.74, 6) is 5.57. The van der Waals surface area contributed by atoms with E-state index in [0.717, 1.165) is 42.4 Å². The number of hydrogen-bond acceptors (Lipinski definition) is 2. The quantitative estimate of drug-likeness (QED) is 0.755. The second-order valence-electron chi connectivity index (χ2n) is 11.0. The summed E-state index contributed by atoms with van der Waals surface area (Å²) in [5, 5.41) is 21.4. The zero-order chi connectivity index (χ0) is 17.4. The molecule has 2 heteroatoms. The Balaban J connectivity index is 1.34. The number of fused-ring (bicyclic) bond motifs is 5. The van der Waals surface area contributed by atoms with Crippen molar-refractivity contribution < 1.29 is 10.2 Å². The van der Waals surface area contributed by atoms with Crippen LogP contribution in [-0.4, -0.2) is 21.9 Å². The Kier molecular flexibility index (Phi) is 3.89. The Morgan fingerprint density at radius 2 is 1.60 bits per heavy atom. The molecule has 25 heavy (non-hydrogen) atoms. The van der Waals surface area contributed by atoms with Crippen LogP contribution in [0.4, 0.5) is 0 Å². The molecule has 0 aromatic rings. The molecule has 0 spiro atoms. The van der Waals surface area contributed by atoms with Gasteiger partial charge < -0.3 is 10.2 Å². The van der Waals surface area contributed by atoms with E-state index >= 15 is 0 Å². The SMILES string of the molecule is CC(O)[C@H]1CC[C@H]2[C@@H]3CC[C@@H]4C[C@](O)(C5CC5)CC[C@@H]4[C@H]3CC[C@]12C. The van der Waals surface area contributed by atoms with Gasteiger partial charge in [-0.3, -0.25) is 0 Å². The Morgan fingerprint density at radius 1 is 0.840 bits per heavy atom. The van der Waals surface area contributed by atoms with Gasteiger partial charge in [0.05, 0.1) is 11.7 Å². The summed E-state index contributed by atoms with van der Waals surface area (Å²) in [6.45, 7) is 4.54. The highest BCUT2D eigenvalue weighted by Crippen LogP contribution is 2.65. The molecule has 0 amide bonds. The highest BCUT2D eigenvalue weighted by atomic mass is 16.3. The van der Waals surface area contributed by atoms with Crippen molar-refractivity contribution in [1.29, 1.82) is 0 Å². The van der Waals surface area contributed by atoms with Crippen LogP contribution in [0.15, 0.2) is 0 Å². The minimum atomic E-state index is -0.290. The summed E-state index contributed by atoms with van der Waals surface area (Å²) < 4.78 is 0. The van der Waals surface area contributed by atoms with E-state index in [1.165, 1.54) is 57.8 Å². The average molecular weight is 347 g/mol. The standard InChI is InChI=1S/C23H38O2/c1-14(24)20-7-8-21-19-6-3-15-13-23(25,16-4-5-16)12-10-17(15)18(19)9-11-22(20,21)2/h14-21,24-25H,3-13H2,1-2H3/t14?,15-,17+,18-,19-,20-,21+,22-,23+/m1/s1. The third kappa shape index (κ3) is 2.49. The first-order valence-corrected chi connectivity index (χ1v) is 11.3. The molecule has 0 bridgehead atoms. The second-order valence-corrected chi connectivity index (χ2v) is 11.0. The van der Waals surface area contributed by atoms with E-state index in [4.69, 9.17) is 0 Å². The Bertz CT molecular complexity index is 526. The largest absolute Gasteiger partial charge is 0.393 e. The van der Waals surface area contributed by atoms with E-state index in [1.807, 2.05) is 6.92 Å². The average Bonchev–Trinajstić information content (AvgIpc) is 3.36. The summed E-state index contributed by atoms with van der Waals surface area (Å²) >= 11 is 0. The van der Waals surface area contributed by atoms with Gasteiger partial charge >= 0.3 is 0 Å². The predicted molar refractivity (Wildman–Crippen MR) is 100.0 cm³/mol. The first kappa shape index (κ1) is 17.0. The molecule has 1 unspecified atom stereocenters. The molecule has 2 N–H and O–H groups in total. The lowest BCUT2D eigenvalue weighted by molar-refractivity contribution is -0.117. The molecule has 5 rings (SSSR count). The lowest BCUT2D eigenvalue weighted by Gasteiger charge is -2.57. The van der Waals surface area contributed by atoms with Gasteiger partial charge in [0.25, 0.3) is 0 Å². The van der Waals surface area contributed by atoms with E-state index in [0.29, 0.717) is 17.3 Å². The summed E-state index contributed by atoms with van der Waals surface area (Å²) in [5.41, 5.74) is 0.105. The maximum Gasteiger partial charge on any atom is 0.0678 e. The van der Waals surface area contributed by atoms with Crippen LogP contribution in [0.5, 0.6) is 0 Å². The first-order valence-electron chi connectivity index (χ1n) is 11.3. The van der Waals surface area contributed by atoms with Gasteiger partial charge in [-0.2, -0.15) is 0 Å². The highest BCUT2D eigenvalue weighted by Gasteiger charge is 2.59. The van der Waals surface area contributed by atoms with Crippen LogP contribution in [0.25, 0.3) is 0 Å². The minimum absolute atomic E-state index is 0.133. The molecule has 5 aliphatic rings. The smallest absolute Gasteiger partial charge is 0.0678 e. The van der Waals surface area contributed by atoms with Gasteiger partial charge in [-0.05, 0) is 124 Å². The summed E-state index contributed by atoms with van der Waals surface area (Å²) in [6.07, 6.45) is 14.0. The zero-order valence-electron chi connectivity index (χ0n) is 16.3. The minimum Gasteiger partial charge on any atom is -0.393 e. The third-order valence-corrected chi connectivity index (χ3v) is 10.0. The van der Waals surface area contributed by atoms with Gasteiger partial charge in [0.2, 0.25) is 0 Å². The fourth-order valence-electron chi connectivity index (χ4n) is 8.73. The molecule has 2 nitrogen and oxygen atoms in total. The topological polar surface area (TPSA) is 40.5 Å². The normalized spacial score (nSPS) is 56.6. The van der Waals surface area contributed by atoms with Gasteiger partial charge in [0.15, 0.2) is 0 Å². The highest BCUT2D eigenvalue weighted by molar-refractivity contribution is 5.09. The van der Waals surface area contributed by atoms with E-state index in [-0.39, 0.29) is 11.7 Å². The first-order chi connectivity index (χ1) is 11.9. The molecule has 5 fully saturated rings. The van der Waals surface area contributed by atoms with Crippen molar-refractivity contribution in [2.45, 2.75) is 96.2 Å². The number of hydrogen-bond donors (Lipinski definition) is 2. The van der Waals surface area contributed by atoms with Crippen molar-refractivity contribution in [2.24, 2.45) is 46.8 Å². The molecule has 142 valence electrons. The fraction of sp³-hybridized carbons (Fsp3) is 1.00. The lowest BCUT2D eigenvalue weighted by Crippen LogP contribution is -2.52. The van der Waals surface area contributed by atoms with E-state index in [2.05, 4.69) is 6.92 Å². The lowest BCUT2D eigenvalue weighted by atomic mass is 9.48. The van der Waals surface area contributed by atoms with E-state index in [1.54, 1.807) is 0 Å². The van der Waals surface area contributed by atoms with Crippen LogP contribution in [0.2, 0.25) is 0 Å². The van der Waals surface area contributed by atoms with Crippen LogP contribution in [-0.2, 0) is 0 Å². The maximum atomic E-state index is 11.1. The maximum absolute atomic E-state index is 11.1. The third-order valence-electron chi connectivity index (χ3n) is 10.0. The van der Waals surface area contributed by atoms with Gasteiger partial charge in [-0.15, -0.1) is 0 Å². The number of rotatable bonds is 2. The molecule has 0 heterocycles. The van der Waals surface area contributed by atoms with Crippen LogP contribution >= 0.6 is 0 Å². The Labute approximate surface area is 153 Å². The molecule has 0 aliphatic heterocycles. The summed E-state index contributed by atoms with van der Waals surface area (Å²) in [7, 11) is 0. The monoisotopic (exact) mass is 346 g/mol. The van der Waals surface area contributed by atoms with Crippen LogP contribution in [0.3, 0.4) is 0 Å². The summed E-state index contributed by atoms with van der Waals surface area (Å²) in [6, 6.07) is 0. The summed E-state index contributed by atoms with van der Waals surface area (Å²) in [4.78, 5) is 0. The molecule has 0 aromatic carbocycles. The Hall–Kier alpha value is -0.0800. The van der Waals surface area contributed by atoms with Gasteiger partial charge in [0, 0.05) is 0 Å². The van der Waals surface area contributed by atoms with Crippen molar-refractivity contribution >= 4 is 0 Å². The molecule has 0 radical (unpaired) electrons. The van der Waals surface area contributed by atoms with Crippen molar-refractivity contribution in [1.82, 2.24) is 0 Å². The molecule has 9 atom stereocenters. The van der Waals surface area contributed by atoms with Gasteiger partial charge in [-0.25, -0.2) is 0 Å². The van der Waals surface area contributed by atoms with Crippen molar-refractivity contribution in [3.05, 3.63) is 0 Å². The zero-order valence-corrected chi connectivity index (χ0v) is 16.3. The van der Waals surface area contributed by atoms with Crippen molar-refractivity contribution in [3.8, 4) is 0 Å². The molecule has 5 saturated carbocycles. The molecular formula is C23H38O2.